The van der Waals surface area contributed by atoms with Crippen LogP contribution in [0.1, 0.15) is 17.3 Å². The van der Waals surface area contributed by atoms with Crippen molar-refractivity contribution in [3.8, 4) is 0 Å². The lowest BCUT2D eigenvalue weighted by atomic mass is 10.2. The van der Waals surface area contributed by atoms with Gasteiger partial charge in [-0.2, -0.15) is 4.98 Å². The number of benzene rings is 1. The van der Waals surface area contributed by atoms with E-state index in [-0.39, 0.29) is 17.3 Å². The number of aldehydes is 1. The Morgan fingerprint density at radius 2 is 2.20 bits per heavy atom. The van der Waals surface area contributed by atoms with Gasteiger partial charge in [0.2, 0.25) is 5.95 Å². The van der Waals surface area contributed by atoms with E-state index in [1.165, 1.54) is 17.5 Å². The lowest BCUT2D eigenvalue weighted by Crippen LogP contribution is -2.41. The molecule has 0 aliphatic heterocycles. The first-order chi connectivity index (χ1) is 12.0. The molecule has 1 amide bonds. The molecule has 10 heteroatoms. The number of hydrogen-bond donors (Lipinski definition) is 3. The molecule has 1 atom stereocenters. The summed E-state index contributed by atoms with van der Waals surface area (Å²) in [5.74, 6) is 5.44. The fraction of sp³-hybridized carbons (Fsp3) is 0.133. The van der Waals surface area contributed by atoms with E-state index in [0.29, 0.717) is 12.0 Å². The maximum Gasteiger partial charge on any atom is 0.254 e. The summed E-state index contributed by atoms with van der Waals surface area (Å²) in [6, 6.07) is 4.92. The van der Waals surface area contributed by atoms with Gasteiger partial charge in [-0.1, -0.05) is 0 Å². The average molecular weight is 357 g/mol. The number of thiazole rings is 1. The molecule has 1 aromatic carbocycles. The monoisotopic (exact) mass is 357 g/mol. The number of hydrogen-bond acceptors (Lipinski definition) is 9. The maximum atomic E-state index is 11.6. The van der Waals surface area contributed by atoms with Crippen molar-refractivity contribution in [2.45, 2.75) is 13.0 Å². The van der Waals surface area contributed by atoms with E-state index in [1.807, 2.05) is 18.2 Å². The van der Waals surface area contributed by atoms with Crippen LogP contribution in [-0.2, 0) is 4.79 Å². The smallest absolute Gasteiger partial charge is 0.254 e. The van der Waals surface area contributed by atoms with Crippen LogP contribution >= 0.6 is 11.3 Å². The minimum Gasteiger partial charge on any atom is -0.365 e. The van der Waals surface area contributed by atoms with Crippen LogP contribution in [0.25, 0.3) is 10.2 Å². The molecule has 3 rings (SSSR count). The molecule has 0 unspecified atom stereocenters. The molecule has 2 aromatic heterocycles. The number of nitrogens with zero attached hydrogens (tertiary/aromatic N) is 4. The Morgan fingerprint density at radius 3 is 2.92 bits per heavy atom. The van der Waals surface area contributed by atoms with Crippen molar-refractivity contribution in [3.63, 3.8) is 0 Å². The quantitative estimate of drug-likeness (QED) is 0.339. The lowest BCUT2D eigenvalue weighted by molar-refractivity contribution is -0.108. The number of aromatic nitrogens is 3. The van der Waals surface area contributed by atoms with Gasteiger partial charge in [0.15, 0.2) is 0 Å². The number of anilines is 3. The zero-order valence-corrected chi connectivity index (χ0v) is 14.0. The minimum atomic E-state index is -0.681. The Bertz CT molecular complexity index is 943. The predicted molar refractivity (Wildman–Crippen MR) is 95.6 cm³/mol. The van der Waals surface area contributed by atoms with E-state index in [1.54, 1.807) is 12.4 Å². The van der Waals surface area contributed by atoms with Gasteiger partial charge in [0, 0.05) is 11.9 Å². The zero-order chi connectivity index (χ0) is 18.0. The second-order valence-electron chi connectivity index (χ2n) is 5.24. The molecule has 0 saturated carbocycles. The van der Waals surface area contributed by atoms with Gasteiger partial charge in [-0.15, -0.1) is 11.3 Å². The maximum absolute atomic E-state index is 11.6. The molecule has 0 radical (unpaired) electrons. The molecule has 0 saturated heterocycles. The number of fused-ring (bicyclic) bond motifs is 1. The highest BCUT2D eigenvalue weighted by molar-refractivity contribution is 7.16. The largest absolute Gasteiger partial charge is 0.365 e. The summed E-state index contributed by atoms with van der Waals surface area (Å²) in [7, 11) is 0. The molecule has 0 bridgehead atoms. The van der Waals surface area contributed by atoms with Crippen molar-refractivity contribution in [2.75, 3.05) is 10.3 Å². The summed E-state index contributed by atoms with van der Waals surface area (Å²) < 4.78 is 0.981. The topological polar surface area (TPSA) is 140 Å². The summed E-state index contributed by atoms with van der Waals surface area (Å²) in [5.41, 5.74) is 8.83. The summed E-state index contributed by atoms with van der Waals surface area (Å²) in [6.07, 6.45) is 1.94. The second kappa shape index (κ2) is 6.79. The highest BCUT2D eigenvalue weighted by atomic mass is 32.1. The van der Waals surface area contributed by atoms with Gasteiger partial charge >= 0.3 is 0 Å². The fourth-order valence-corrected chi connectivity index (χ4v) is 2.81. The van der Waals surface area contributed by atoms with Crippen molar-refractivity contribution in [1.29, 1.82) is 0 Å². The molecule has 5 N–H and O–H groups in total. The normalized spacial score (nSPS) is 11.9. The highest BCUT2D eigenvalue weighted by Crippen LogP contribution is 2.25. The summed E-state index contributed by atoms with van der Waals surface area (Å²) in [5, 5.41) is 4.15. The zero-order valence-electron chi connectivity index (χ0n) is 13.2. The first-order valence-corrected chi connectivity index (χ1v) is 8.14. The molecule has 0 spiro atoms. The lowest BCUT2D eigenvalue weighted by Gasteiger charge is -2.20. The number of hydrazine groups is 1. The summed E-state index contributed by atoms with van der Waals surface area (Å²) in [6.45, 7) is 1.60. The van der Waals surface area contributed by atoms with E-state index in [0.717, 1.165) is 15.2 Å². The van der Waals surface area contributed by atoms with Crippen LogP contribution in [0.3, 0.4) is 0 Å². The second-order valence-corrected chi connectivity index (χ2v) is 6.13. The van der Waals surface area contributed by atoms with Crippen molar-refractivity contribution in [2.24, 2.45) is 11.6 Å². The van der Waals surface area contributed by atoms with Gasteiger partial charge in [-0.25, -0.2) is 15.8 Å². The third-order valence-corrected chi connectivity index (χ3v) is 4.29. The Hall–Kier alpha value is -3.11. The first kappa shape index (κ1) is 16.7. The number of primary amides is 1. The fourth-order valence-electron chi connectivity index (χ4n) is 2.09. The van der Waals surface area contributed by atoms with Crippen LogP contribution in [0.5, 0.6) is 0 Å². The SMILES string of the molecule is C[C@H](C=O)N(N)c1ncc(C(N)=O)c(Nc2ccc3ncsc3c2)n1. The molecular weight excluding hydrogens is 342 g/mol. The van der Waals surface area contributed by atoms with Crippen LogP contribution in [0, 0.1) is 0 Å². The van der Waals surface area contributed by atoms with E-state index in [9.17, 15) is 9.59 Å². The van der Waals surface area contributed by atoms with Crippen molar-refractivity contribution in [3.05, 3.63) is 35.5 Å². The Kier molecular flexibility index (Phi) is 4.55. The number of nitrogens with one attached hydrogen (secondary N) is 1. The van der Waals surface area contributed by atoms with Crippen molar-refractivity contribution in [1.82, 2.24) is 15.0 Å². The molecular formula is C15H15N7O2S. The van der Waals surface area contributed by atoms with E-state index >= 15 is 0 Å². The van der Waals surface area contributed by atoms with E-state index in [4.69, 9.17) is 11.6 Å². The van der Waals surface area contributed by atoms with Crippen molar-refractivity contribution >= 4 is 51.2 Å². The summed E-state index contributed by atoms with van der Waals surface area (Å²) >= 11 is 1.49. The molecule has 25 heavy (non-hydrogen) atoms. The van der Waals surface area contributed by atoms with Crippen LogP contribution in [0.15, 0.2) is 29.9 Å². The molecule has 0 aliphatic carbocycles. The molecule has 128 valence electrons. The number of amides is 1. The van der Waals surface area contributed by atoms with Crippen LogP contribution < -0.4 is 21.9 Å². The van der Waals surface area contributed by atoms with Crippen LogP contribution in [-0.4, -0.2) is 33.2 Å². The Balaban J connectivity index is 1.99. The third kappa shape index (κ3) is 3.39. The standard InChI is InChI=1S/C15H15N7O2S/c1-8(6-23)22(17)15-18-5-10(13(16)24)14(21-15)20-9-2-3-11-12(4-9)25-7-19-11/h2-8H,17H2,1H3,(H2,16,24)(H,18,20,21)/t8-/m1/s1. The van der Waals surface area contributed by atoms with Gasteiger partial charge in [0.25, 0.3) is 5.91 Å². The molecule has 3 aromatic rings. The molecule has 0 fully saturated rings. The van der Waals surface area contributed by atoms with Gasteiger partial charge < -0.3 is 15.8 Å². The number of carbonyl (C=O) groups excluding carboxylic acids is 2. The van der Waals surface area contributed by atoms with Crippen LogP contribution in [0.4, 0.5) is 17.5 Å². The first-order valence-electron chi connectivity index (χ1n) is 7.26. The van der Waals surface area contributed by atoms with Gasteiger partial charge in [0.05, 0.1) is 15.7 Å². The molecule has 0 aliphatic rings. The number of carbonyl (C=O) groups is 2. The van der Waals surface area contributed by atoms with Crippen LogP contribution in [0.2, 0.25) is 0 Å². The van der Waals surface area contributed by atoms with Gasteiger partial charge in [-0.3, -0.25) is 9.80 Å². The molecule has 2 heterocycles. The van der Waals surface area contributed by atoms with Gasteiger partial charge in [-0.05, 0) is 25.1 Å². The van der Waals surface area contributed by atoms with Crippen molar-refractivity contribution < 1.29 is 9.59 Å². The Morgan fingerprint density at radius 1 is 1.40 bits per heavy atom. The highest BCUT2D eigenvalue weighted by Gasteiger charge is 2.17. The summed E-state index contributed by atoms with van der Waals surface area (Å²) in [4.78, 5) is 35.0. The molecule has 9 nitrogen and oxygen atoms in total. The minimum absolute atomic E-state index is 0.0889. The van der Waals surface area contributed by atoms with E-state index < -0.39 is 11.9 Å². The van der Waals surface area contributed by atoms with Gasteiger partial charge in [0.1, 0.15) is 23.7 Å². The Labute approximate surface area is 146 Å². The number of nitrogens with two attached hydrogens (primary N) is 2. The number of rotatable bonds is 6. The third-order valence-electron chi connectivity index (χ3n) is 3.50. The van der Waals surface area contributed by atoms with E-state index in [2.05, 4.69) is 20.3 Å². The predicted octanol–water partition coefficient (Wildman–Crippen LogP) is 1.20. The average Bonchev–Trinajstić information content (AvgIpc) is 3.07.